The first-order valence-corrected chi connectivity index (χ1v) is 22.4. The molecular weight excluding hydrogens is 834 g/mol. The second-order valence-corrected chi connectivity index (χ2v) is 17.3. The van der Waals surface area contributed by atoms with Crippen molar-refractivity contribution in [1.29, 1.82) is 0 Å². The van der Waals surface area contributed by atoms with Gasteiger partial charge in [-0.05, 0) is 81.2 Å². The molecular formula is C49H54FN7O8. The lowest BCUT2D eigenvalue weighted by Gasteiger charge is -2.43. The third-order valence-electron chi connectivity index (χ3n) is 13.1. The largest absolute Gasteiger partial charge is 0.494 e. The fraction of sp³-hybridized carbons (Fsp3) is 0.429. The molecule has 3 fully saturated rings. The highest BCUT2D eigenvalue weighted by Gasteiger charge is 2.44. The van der Waals surface area contributed by atoms with E-state index in [1.54, 1.807) is 31.1 Å². The van der Waals surface area contributed by atoms with Gasteiger partial charge in [-0.15, -0.1) is 0 Å². The van der Waals surface area contributed by atoms with Gasteiger partial charge < -0.3 is 38.9 Å². The van der Waals surface area contributed by atoms with Gasteiger partial charge in [-0.1, -0.05) is 43.2 Å². The minimum Gasteiger partial charge on any atom is -0.494 e. The van der Waals surface area contributed by atoms with E-state index in [0.29, 0.717) is 83.7 Å². The zero-order valence-electron chi connectivity index (χ0n) is 37.1. The molecule has 65 heavy (non-hydrogen) atoms. The SMILES string of the molecule is COc1cc(OCC2CC2)c(-c2ncnc3c(OC(=O)N[C@H](Cc4ccccc4)C(=O)N4CCC(N5N=C(c6ccc(OC)c(OC)c6)[C@H]6CCCC[C@H]6C5=O)CC4)c(C)[nH]c23)cc1F. The van der Waals surface area contributed by atoms with E-state index in [2.05, 4.69) is 20.3 Å². The Morgan fingerprint density at radius 1 is 0.862 bits per heavy atom. The van der Waals surface area contributed by atoms with Crippen LogP contribution in [0, 0.1) is 30.5 Å². The normalized spacial score (nSPS) is 19.3. The first-order valence-electron chi connectivity index (χ1n) is 22.4. The van der Waals surface area contributed by atoms with E-state index in [-0.39, 0.29) is 47.6 Å². The van der Waals surface area contributed by atoms with Crippen molar-refractivity contribution in [3.05, 3.63) is 89.6 Å². The Morgan fingerprint density at radius 2 is 1.60 bits per heavy atom. The number of hydrogen-bond acceptors (Lipinski definition) is 11. The monoisotopic (exact) mass is 887 g/mol. The van der Waals surface area contributed by atoms with Gasteiger partial charge in [0.05, 0.1) is 50.9 Å². The van der Waals surface area contributed by atoms with Gasteiger partial charge in [0.15, 0.2) is 28.8 Å². The van der Waals surface area contributed by atoms with Crippen LogP contribution in [0.1, 0.15) is 68.2 Å². The quantitative estimate of drug-likeness (QED) is 0.113. The Labute approximate surface area is 376 Å². The highest BCUT2D eigenvalue weighted by molar-refractivity contribution is 6.07. The minimum absolute atomic E-state index is 0.0153. The molecule has 2 aliphatic heterocycles. The van der Waals surface area contributed by atoms with E-state index >= 15 is 4.39 Å². The Kier molecular flexibility index (Phi) is 12.6. The van der Waals surface area contributed by atoms with Crippen LogP contribution in [0.5, 0.6) is 28.7 Å². The van der Waals surface area contributed by atoms with Gasteiger partial charge in [0.2, 0.25) is 11.8 Å². The molecule has 15 nitrogen and oxygen atoms in total. The molecule has 340 valence electrons. The van der Waals surface area contributed by atoms with Gasteiger partial charge in [-0.3, -0.25) is 9.59 Å². The summed E-state index contributed by atoms with van der Waals surface area (Å²) >= 11 is 0. The van der Waals surface area contributed by atoms with Gasteiger partial charge in [-0.2, -0.15) is 5.10 Å². The van der Waals surface area contributed by atoms with Crippen LogP contribution in [0.4, 0.5) is 9.18 Å². The third kappa shape index (κ3) is 9.03. The number of aryl methyl sites for hydroxylation is 1. The van der Waals surface area contributed by atoms with E-state index in [9.17, 15) is 14.4 Å². The Hall–Kier alpha value is -6.71. The lowest BCUT2D eigenvalue weighted by molar-refractivity contribution is -0.143. The van der Waals surface area contributed by atoms with E-state index in [1.807, 2.05) is 48.5 Å². The fourth-order valence-electron chi connectivity index (χ4n) is 9.47. The number of methoxy groups -OCH3 is 3. The topological polar surface area (TPSA) is 170 Å². The summed E-state index contributed by atoms with van der Waals surface area (Å²) < 4.78 is 43.6. The van der Waals surface area contributed by atoms with Crippen LogP contribution < -0.4 is 29.0 Å². The number of benzene rings is 3. The second-order valence-electron chi connectivity index (χ2n) is 17.3. The van der Waals surface area contributed by atoms with Crippen molar-refractivity contribution in [1.82, 2.24) is 30.2 Å². The van der Waals surface area contributed by atoms with Crippen LogP contribution >= 0.6 is 0 Å². The Bertz CT molecular complexity index is 2610. The van der Waals surface area contributed by atoms with Crippen LogP contribution in [0.2, 0.25) is 0 Å². The van der Waals surface area contributed by atoms with Crippen molar-refractivity contribution in [2.24, 2.45) is 22.9 Å². The second kappa shape index (κ2) is 18.8. The number of nitrogens with one attached hydrogen (secondary N) is 2. The number of piperidine rings is 1. The van der Waals surface area contributed by atoms with Crippen molar-refractivity contribution in [2.75, 3.05) is 41.0 Å². The van der Waals surface area contributed by atoms with Crippen molar-refractivity contribution < 1.29 is 42.5 Å². The predicted molar refractivity (Wildman–Crippen MR) is 240 cm³/mol. The maximum Gasteiger partial charge on any atom is 0.413 e. The number of carbonyl (C=O) groups is 3. The average molecular weight is 888 g/mol. The zero-order chi connectivity index (χ0) is 45.2. The molecule has 0 unspecified atom stereocenters. The molecule has 9 rings (SSSR count). The molecule has 2 aliphatic carbocycles. The summed E-state index contributed by atoms with van der Waals surface area (Å²) in [7, 11) is 4.60. The molecule has 3 amide bonds. The number of hydrogen-bond donors (Lipinski definition) is 2. The number of H-pyrrole nitrogens is 1. The number of carbonyl (C=O) groups excluding carboxylic acids is 3. The minimum atomic E-state index is -0.972. The molecule has 3 aromatic carbocycles. The van der Waals surface area contributed by atoms with Crippen molar-refractivity contribution in [3.8, 4) is 40.0 Å². The van der Waals surface area contributed by atoms with Gasteiger partial charge in [0, 0.05) is 48.5 Å². The highest BCUT2D eigenvalue weighted by atomic mass is 19.1. The number of nitrogens with zero attached hydrogens (tertiary/aromatic N) is 5. The molecule has 1 saturated heterocycles. The molecule has 3 atom stereocenters. The lowest BCUT2D eigenvalue weighted by Crippen LogP contribution is -2.56. The van der Waals surface area contributed by atoms with Gasteiger partial charge in [-0.25, -0.2) is 24.2 Å². The lowest BCUT2D eigenvalue weighted by atomic mass is 9.73. The fourth-order valence-corrected chi connectivity index (χ4v) is 9.47. The third-order valence-corrected chi connectivity index (χ3v) is 13.1. The standard InChI is InChI=1S/C49H54FN7O8/c1-28-46(45-44(53-28)43(51-27-52-45)35-24-36(50)40(62-3)25-39(35)64-26-30-14-15-30)65-49(60)54-37(22-29-10-6-5-7-11-29)48(59)56-20-18-32(19-21-56)57-47(58)34-13-9-8-12-33(34)42(55-57)31-16-17-38(61-2)41(23-31)63-4/h5-7,10-11,16-17,23-25,27,30,32-34,37,53H,8-9,12-15,18-22,26H2,1-4H3,(H,54,60)/t33-,34+,37+/m0/s1. The van der Waals surface area contributed by atoms with Crippen LogP contribution in [-0.4, -0.2) is 102 Å². The Morgan fingerprint density at radius 3 is 2.32 bits per heavy atom. The molecule has 0 radical (unpaired) electrons. The molecule has 2 N–H and O–H groups in total. The van der Waals surface area contributed by atoms with Crippen LogP contribution in [0.25, 0.3) is 22.3 Å². The van der Waals surface area contributed by atoms with E-state index in [4.69, 9.17) is 28.8 Å². The highest BCUT2D eigenvalue weighted by Crippen LogP contribution is 2.42. The maximum atomic E-state index is 15.2. The summed E-state index contributed by atoms with van der Waals surface area (Å²) in [6, 6.07) is 16.9. The molecule has 0 spiro atoms. The summed E-state index contributed by atoms with van der Waals surface area (Å²) in [5, 5.41) is 9.62. The predicted octanol–water partition coefficient (Wildman–Crippen LogP) is 7.63. The van der Waals surface area contributed by atoms with E-state index < -0.39 is 18.0 Å². The van der Waals surface area contributed by atoms with Gasteiger partial charge >= 0.3 is 6.09 Å². The Balaban J connectivity index is 0.927. The first kappa shape index (κ1) is 43.5. The first-order chi connectivity index (χ1) is 31.6. The molecule has 0 bridgehead atoms. The van der Waals surface area contributed by atoms with Crippen LogP contribution in [0.3, 0.4) is 0 Å². The summed E-state index contributed by atoms with van der Waals surface area (Å²) in [5.74, 6) is 1.29. The number of aromatic nitrogens is 3. The number of ether oxygens (including phenoxy) is 5. The average Bonchev–Trinajstić information content (AvgIpc) is 4.12. The van der Waals surface area contributed by atoms with E-state index in [1.165, 1.54) is 25.6 Å². The summed E-state index contributed by atoms with van der Waals surface area (Å²) in [6.07, 6.45) is 7.58. The number of aromatic amines is 1. The number of hydrazone groups is 1. The van der Waals surface area contributed by atoms with Crippen molar-refractivity contribution in [2.45, 2.75) is 76.8 Å². The number of likely N-dealkylation sites (tertiary alicyclic amines) is 1. The summed E-state index contributed by atoms with van der Waals surface area (Å²) in [4.78, 5) is 56.4. The molecule has 2 saturated carbocycles. The number of amides is 3. The molecule has 5 aromatic rings. The smallest absolute Gasteiger partial charge is 0.413 e. The van der Waals surface area contributed by atoms with Crippen molar-refractivity contribution in [3.63, 3.8) is 0 Å². The van der Waals surface area contributed by atoms with Gasteiger partial charge in [0.1, 0.15) is 29.3 Å². The molecule has 4 heterocycles. The van der Waals surface area contributed by atoms with Crippen LogP contribution in [0.15, 0.2) is 72.1 Å². The number of halogens is 1. The van der Waals surface area contributed by atoms with Crippen LogP contribution in [-0.2, 0) is 16.0 Å². The summed E-state index contributed by atoms with van der Waals surface area (Å²) in [5.41, 5.74) is 4.56. The number of fused-ring (bicyclic) bond motifs is 2. The maximum absolute atomic E-state index is 15.2. The summed E-state index contributed by atoms with van der Waals surface area (Å²) in [6.45, 7) is 2.94. The molecule has 2 aromatic heterocycles. The molecule has 4 aliphatic rings. The van der Waals surface area contributed by atoms with Gasteiger partial charge in [0.25, 0.3) is 0 Å². The number of rotatable bonds is 14. The van der Waals surface area contributed by atoms with Crippen molar-refractivity contribution >= 4 is 34.7 Å². The van der Waals surface area contributed by atoms with E-state index in [0.717, 1.165) is 55.4 Å². The zero-order valence-corrected chi connectivity index (χ0v) is 37.1. The molecule has 16 heteroatoms.